The summed E-state index contributed by atoms with van der Waals surface area (Å²) in [5.41, 5.74) is 0.101. The van der Waals surface area contributed by atoms with Gasteiger partial charge in [0, 0.05) is 12.6 Å². The zero-order valence-corrected chi connectivity index (χ0v) is 11.6. The molecular formula is C12H18ClN3O3. The Balaban J connectivity index is 2.12. The molecule has 2 heterocycles. The third-order valence-corrected chi connectivity index (χ3v) is 3.57. The summed E-state index contributed by atoms with van der Waals surface area (Å²) < 4.78 is 6.72. The van der Waals surface area contributed by atoms with E-state index in [0.29, 0.717) is 5.69 Å². The van der Waals surface area contributed by atoms with Gasteiger partial charge in [0.05, 0.1) is 31.1 Å². The van der Waals surface area contributed by atoms with Gasteiger partial charge in [-0.05, 0) is 19.8 Å². The molecule has 2 unspecified atom stereocenters. The lowest BCUT2D eigenvalue weighted by molar-refractivity contribution is 0.0996. The molecule has 19 heavy (non-hydrogen) atoms. The van der Waals surface area contributed by atoms with E-state index in [1.54, 1.807) is 0 Å². The number of nitrogens with zero attached hydrogens (tertiary/aromatic N) is 2. The molecule has 0 bridgehead atoms. The van der Waals surface area contributed by atoms with Gasteiger partial charge in [-0.25, -0.2) is 4.68 Å². The predicted molar refractivity (Wildman–Crippen MR) is 72.7 cm³/mol. The number of aromatic nitrogens is 2. The minimum Gasteiger partial charge on any atom is -0.394 e. The fourth-order valence-electron chi connectivity index (χ4n) is 2.15. The van der Waals surface area contributed by atoms with Crippen LogP contribution < -0.4 is 10.9 Å². The van der Waals surface area contributed by atoms with Crippen LogP contribution in [-0.2, 0) is 11.3 Å². The SMILES string of the molecule is CC(Nc1cnn(CCO)c(=O)c1Cl)C1CCCO1. The second kappa shape index (κ2) is 6.36. The van der Waals surface area contributed by atoms with Crippen molar-refractivity contribution in [3.8, 4) is 0 Å². The molecule has 0 radical (unpaired) electrons. The summed E-state index contributed by atoms with van der Waals surface area (Å²) in [4.78, 5) is 11.9. The van der Waals surface area contributed by atoms with Crippen LogP contribution in [0.5, 0.6) is 0 Å². The minimum atomic E-state index is -0.403. The molecule has 1 aromatic rings. The number of aliphatic hydroxyl groups is 1. The summed E-state index contributed by atoms with van der Waals surface area (Å²) in [6.07, 6.45) is 3.70. The van der Waals surface area contributed by atoms with Crippen molar-refractivity contribution in [2.24, 2.45) is 0 Å². The molecule has 1 aromatic heterocycles. The van der Waals surface area contributed by atoms with Crippen LogP contribution in [-0.4, -0.2) is 40.2 Å². The van der Waals surface area contributed by atoms with Crippen molar-refractivity contribution in [1.29, 1.82) is 0 Å². The Bertz CT molecular complexity index is 486. The van der Waals surface area contributed by atoms with Crippen LogP contribution in [0.15, 0.2) is 11.0 Å². The number of hydrogen-bond donors (Lipinski definition) is 2. The lowest BCUT2D eigenvalue weighted by Crippen LogP contribution is -2.32. The highest BCUT2D eigenvalue weighted by Crippen LogP contribution is 2.21. The lowest BCUT2D eigenvalue weighted by Gasteiger charge is -2.21. The normalized spacial score (nSPS) is 20.5. The quantitative estimate of drug-likeness (QED) is 0.840. The molecule has 2 rings (SSSR count). The molecule has 2 atom stereocenters. The van der Waals surface area contributed by atoms with Crippen molar-refractivity contribution < 1.29 is 9.84 Å². The van der Waals surface area contributed by atoms with Crippen LogP contribution in [0.4, 0.5) is 5.69 Å². The Morgan fingerprint density at radius 1 is 1.74 bits per heavy atom. The van der Waals surface area contributed by atoms with Gasteiger partial charge in [0.25, 0.3) is 5.56 Å². The van der Waals surface area contributed by atoms with Gasteiger partial charge in [0.1, 0.15) is 5.02 Å². The van der Waals surface area contributed by atoms with Crippen molar-refractivity contribution in [2.75, 3.05) is 18.5 Å². The zero-order valence-electron chi connectivity index (χ0n) is 10.8. The van der Waals surface area contributed by atoms with Crippen LogP contribution in [0.25, 0.3) is 0 Å². The van der Waals surface area contributed by atoms with Gasteiger partial charge in [0.2, 0.25) is 0 Å². The third-order valence-electron chi connectivity index (χ3n) is 3.20. The second-order valence-corrected chi connectivity index (χ2v) is 4.99. The molecule has 7 heteroatoms. The molecule has 1 aliphatic heterocycles. The van der Waals surface area contributed by atoms with Crippen molar-refractivity contribution in [1.82, 2.24) is 9.78 Å². The molecule has 0 spiro atoms. The van der Waals surface area contributed by atoms with E-state index in [2.05, 4.69) is 10.4 Å². The van der Waals surface area contributed by atoms with Gasteiger partial charge in [0.15, 0.2) is 0 Å². The van der Waals surface area contributed by atoms with Crippen LogP contribution in [0.3, 0.4) is 0 Å². The Morgan fingerprint density at radius 2 is 2.53 bits per heavy atom. The summed E-state index contributed by atoms with van der Waals surface area (Å²) >= 11 is 6.03. The Kier molecular flexibility index (Phi) is 4.79. The summed E-state index contributed by atoms with van der Waals surface area (Å²) in [7, 11) is 0. The Hall–Kier alpha value is -1.11. The molecule has 106 valence electrons. The van der Waals surface area contributed by atoms with Crippen LogP contribution >= 0.6 is 11.6 Å². The van der Waals surface area contributed by atoms with E-state index < -0.39 is 5.56 Å². The van der Waals surface area contributed by atoms with Crippen LogP contribution in [0, 0.1) is 0 Å². The number of rotatable bonds is 5. The van der Waals surface area contributed by atoms with E-state index in [1.165, 1.54) is 6.20 Å². The zero-order chi connectivity index (χ0) is 13.8. The average Bonchev–Trinajstić information content (AvgIpc) is 2.92. The highest BCUT2D eigenvalue weighted by molar-refractivity contribution is 6.32. The number of aliphatic hydroxyl groups excluding tert-OH is 1. The second-order valence-electron chi connectivity index (χ2n) is 4.61. The highest BCUT2D eigenvalue weighted by Gasteiger charge is 2.23. The maximum atomic E-state index is 11.9. The smallest absolute Gasteiger partial charge is 0.287 e. The van der Waals surface area contributed by atoms with Gasteiger partial charge in [-0.2, -0.15) is 5.10 Å². The van der Waals surface area contributed by atoms with E-state index >= 15 is 0 Å². The Morgan fingerprint density at radius 3 is 3.16 bits per heavy atom. The number of anilines is 1. The largest absolute Gasteiger partial charge is 0.394 e. The third kappa shape index (κ3) is 3.26. The summed E-state index contributed by atoms with van der Waals surface area (Å²) in [6.45, 7) is 2.76. The molecule has 2 N–H and O–H groups in total. The number of halogens is 1. The molecule has 0 amide bonds. The van der Waals surface area contributed by atoms with Gasteiger partial charge in [-0.15, -0.1) is 0 Å². The molecular weight excluding hydrogens is 270 g/mol. The van der Waals surface area contributed by atoms with Gasteiger partial charge < -0.3 is 15.2 Å². The van der Waals surface area contributed by atoms with Crippen molar-refractivity contribution >= 4 is 17.3 Å². The van der Waals surface area contributed by atoms with Crippen molar-refractivity contribution in [3.05, 3.63) is 21.6 Å². The first-order chi connectivity index (χ1) is 9.13. The standard InChI is InChI=1S/C12H18ClN3O3/c1-8(10-3-2-6-19-10)15-9-7-14-16(4-5-17)12(18)11(9)13/h7-8,10,15,17H,2-6H2,1H3. The van der Waals surface area contributed by atoms with E-state index in [9.17, 15) is 4.79 Å². The Labute approximate surface area is 116 Å². The van der Waals surface area contributed by atoms with Crippen LogP contribution in [0.2, 0.25) is 5.02 Å². The molecule has 1 aliphatic rings. The number of hydrogen-bond acceptors (Lipinski definition) is 5. The molecule has 1 fully saturated rings. The topological polar surface area (TPSA) is 76.4 Å². The van der Waals surface area contributed by atoms with E-state index in [4.69, 9.17) is 21.4 Å². The average molecular weight is 288 g/mol. The summed E-state index contributed by atoms with van der Waals surface area (Å²) in [5, 5.41) is 16.0. The molecule has 1 saturated heterocycles. The fourth-order valence-corrected chi connectivity index (χ4v) is 2.36. The number of nitrogens with one attached hydrogen (secondary N) is 1. The van der Waals surface area contributed by atoms with Crippen LogP contribution in [0.1, 0.15) is 19.8 Å². The van der Waals surface area contributed by atoms with Crippen molar-refractivity contribution in [2.45, 2.75) is 38.5 Å². The maximum Gasteiger partial charge on any atom is 0.287 e. The minimum absolute atomic E-state index is 0.0647. The van der Waals surface area contributed by atoms with E-state index in [-0.39, 0.29) is 30.3 Å². The maximum absolute atomic E-state index is 11.9. The summed E-state index contributed by atoms with van der Waals surface area (Å²) in [5.74, 6) is 0. The molecule has 0 saturated carbocycles. The fraction of sp³-hybridized carbons (Fsp3) is 0.667. The van der Waals surface area contributed by atoms with E-state index in [0.717, 1.165) is 24.1 Å². The van der Waals surface area contributed by atoms with Gasteiger partial charge >= 0.3 is 0 Å². The first-order valence-electron chi connectivity index (χ1n) is 6.38. The molecule has 6 nitrogen and oxygen atoms in total. The number of ether oxygens (including phenoxy) is 1. The van der Waals surface area contributed by atoms with Gasteiger partial charge in [-0.1, -0.05) is 11.6 Å². The molecule has 0 aromatic carbocycles. The van der Waals surface area contributed by atoms with E-state index in [1.807, 2.05) is 6.92 Å². The van der Waals surface area contributed by atoms with Crippen molar-refractivity contribution in [3.63, 3.8) is 0 Å². The molecule has 0 aliphatic carbocycles. The predicted octanol–water partition coefficient (Wildman–Crippen LogP) is 0.868. The van der Waals surface area contributed by atoms with Gasteiger partial charge in [-0.3, -0.25) is 4.79 Å². The highest BCUT2D eigenvalue weighted by atomic mass is 35.5. The summed E-state index contributed by atoms with van der Waals surface area (Å²) in [6, 6.07) is 0.0647. The monoisotopic (exact) mass is 287 g/mol. The first kappa shape index (κ1) is 14.3. The lowest BCUT2D eigenvalue weighted by atomic mass is 10.1. The first-order valence-corrected chi connectivity index (χ1v) is 6.76.